The maximum atomic E-state index is 13.9. The molecule has 0 bridgehead atoms. The van der Waals surface area contributed by atoms with Crippen molar-refractivity contribution in [3.05, 3.63) is 70.6 Å². The highest BCUT2D eigenvalue weighted by molar-refractivity contribution is 6.38. The summed E-state index contributed by atoms with van der Waals surface area (Å²) < 4.78 is 149. The lowest BCUT2D eigenvalue weighted by Crippen LogP contribution is -2.42. The molecule has 174 valence electrons. The van der Waals surface area contributed by atoms with Crippen molar-refractivity contribution in [2.45, 2.75) is 0 Å². The second-order valence-corrected chi connectivity index (χ2v) is 6.85. The van der Waals surface area contributed by atoms with E-state index in [2.05, 4.69) is 15.9 Å². The normalized spacial score (nSPS) is 11.4. The fraction of sp³-hybridized carbons (Fsp3) is 0.176. The maximum absolute atomic E-state index is 13.9. The van der Waals surface area contributed by atoms with Gasteiger partial charge < -0.3 is 14.0 Å². The van der Waals surface area contributed by atoms with Crippen molar-refractivity contribution >= 4 is 7.32 Å². The summed E-state index contributed by atoms with van der Waals surface area (Å²) in [5.74, 6) is -29.6. The van der Waals surface area contributed by atoms with E-state index < -0.39 is 82.9 Å². The van der Waals surface area contributed by atoms with Gasteiger partial charge in [-0.25, -0.2) is 26.3 Å². The smallest absolute Gasteiger partial charge is 0.484 e. The van der Waals surface area contributed by atoms with Crippen LogP contribution in [0.15, 0.2) is 12.5 Å². The minimum atomic E-state index is -2.83. The predicted octanol–water partition coefficient (Wildman–Crippen LogP) is 4.71. The van der Waals surface area contributed by atoms with Gasteiger partial charge in [0.05, 0.1) is 21.1 Å². The van der Waals surface area contributed by atoms with Gasteiger partial charge in [-0.2, -0.15) is 17.6 Å². The molecule has 4 nitrogen and oxygen atoms in total. The van der Waals surface area contributed by atoms with E-state index in [0.717, 1.165) is 0 Å². The summed E-state index contributed by atoms with van der Waals surface area (Å²) in [6, 6.07) is 0. The summed E-state index contributed by atoms with van der Waals surface area (Å²) in [7, 11) is 1.28. The summed E-state index contributed by atoms with van der Waals surface area (Å²) in [4.78, 5) is 0. The first-order valence-electron chi connectivity index (χ1n) is 8.13. The molecule has 0 aromatic heterocycles. The first kappa shape index (κ1) is 25.2. The average molecular weight is 478 g/mol. The van der Waals surface area contributed by atoms with Crippen molar-refractivity contribution in [3.63, 3.8) is 0 Å². The van der Waals surface area contributed by atoms with Gasteiger partial charge in [0.1, 0.15) is 0 Å². The van der Waals surface area contributed by atoms with Gasteiger partial charge in [0.25, 0.3) is 5.88 Å². The molecule has 32 heavy (non-hydrogen) atoms. The Morgan fingerprint density at radius 2 is 0.812 bits per heavy atom. The topological polar surface area (TPSA) is 27.7 Å². The fourth-order valence-corrected chi connectivity index (χ4v) is 1.91. The van der Waals surface area contributed by atoms with Crippen LogP contribution < -0.4 is 9.31 Å². The zero-order chi connectivity index (χ0) is 24.7. The number of benzene rings is 2. The van der Waals surface area contributed by atoms with E-state index in [-0.39, 0.29) is 4.48 Å². The Kier molecular flexibility index (Phi) is 6.92. The molecule has 0 fully saturated rings. The maximum Gasteiger partial charge on any atom is 0.868 e. The highest BCUT2D eigenvalue weighted by Crippen LogP contribution is 2.33. The molecule has 0 amide bonds. The Hall–Kier alpha value is -3.10. The second-order valence-electron chi connectivity index (χ2n) is 6.85. The summed E-state index contributed by atoms with van der Waals surface area (Å²) in [5, 5.41) is 0. The minimum Gasteiger partial charge on any atom is -0.484 e. The van der Waals surface area contributed by atoms with Crippen LogP contribution in [-0.4, -0.2) is 32.9 Å². The van der Waals surface area contributed by atoms with Crippen molar-refractivity contribution < 1.29 is 62.4 Å². The van der Waals surface area contributed by atoms with Crippen LogP contribution >= 0.6 is 0 Å². The van der Waals surface area contributed by atoms with Gasteiger partial charge in [0.2, 0.25) is 58.2 Å². The molecule has 0 aliphatic carbocycles. The van der Waals surface area contributed by atoms with E-state index in [4.69, 9.17) is 4.65 Å². The molecule has 0 unspecified atom stereocenters. The zero-order valence-corrected chi connectivity index (χ0v) is 16.2. The van der Waals surface area contributed by atoms with Crippen LogP contribution in [0.1, 0.15) is 0 Å². The van der Waals surface area contributed by atoms with Gasteiger partial charge in [-0.1, -0.05) is 0 Å². The van der Waals surface area contributed by atoms with Gasteiger partial charge in [-0.05, 0) is 0 Å². The van der Waals surface area contributed by atoms with Crippen molar-refractivity contribution in [1.29, 1.82) is 0 Å². The number of halogens is 10. The van der Waals surface area contributed by atoms with Crippen LogP contribution in [0, 0.1) is 58.2 Å². The van der Waals surface area contributed by atoms with E-state index in [1.165, 1.54) is 21.1 Å². The summed E-state index contributed by atoms with van der Waals surface area (Å²) >= 11 is 0. The van der Waals surface area contributed by atoms with E-state index >= 15 is 0 Å². The highest BCUT2D eigenvalue weighted by atomic mass is 19.2. The third-order valence-corrected chi connectivity index (χ3v) is 3.75. The number of rotatable bonds is 7. The quantitative estimate of drug-likeness (QED) is 0.144. The Morgan fingerprint density at radius 1 is 0.562 bits per heavy atom. The van der Waals surface area contributed by atoms with Gasteiger partial charge >= 0.3 is 7.32 Å². The molecule has 0 spiro atoms. The Labute approximate surface area is 174 Å². The van der Waals surface area contributed by atoms with E-state index in [0.29, 0.717) is 0 Å². The standard InChI is InChI=1S/C17H11BF10NO3/c1-5(29(2,3)4)30-18(31-16-12(25)8(21)6(19)9(22)13(16)26)32-17-14(27)10(23)7(20)11(24)15(17)28/h1H2,2-4H3/q+1. The molecule has 0 heterocycles. The lowest BCUT2D eigenvalue weighted by atomic mass is 10.1. The molecule has 0 saturated heterocycles. The predicted molar refractivity (Wildman–Crippen MR) is 87.7 cm³/mol. The Bertz CT molecular complexity index is 960. The zero-order valence-electron chi connectivity index (χ0n) is 16.2. The van der Waals surface area contributed by atoms with Gasteiger partial charge in [-0.15, -0.1) is 0 Å². The third kappa shape index (κ3) is 4.56. The number of hydrogen-bond acceptors (Lipinski definition) is 3. The molecule has 0 atom stereocenters. The van der Waals surface area contributed by atoms with E-state index in [1.54, 1.807) is 0 Å². The number of nitrogens with zero attached hydrogens (tertiary/aromatic N) is 1. The summed E-state index contributed by atoms with van der Waals surface area (Å²) in [6.07, 6.45) is 0. The first-order valence-corrected chi connectivity index (χ1v) is 8.13. The molecular weight excluding hydrogens is 467 g/mol. The van der Waals surface area contributed by atoms with Gasteiger partial charge in [0.15, 0.2) is 11.5 Å². The highest BCUT2D eigenvalue weighted by Gasteiger charge is 2.41. The van der Waals surface area contributed by atoms with Crippen molar-refractivity contribution in [3.8, 4) is 11.5 Å². The summed E-state index contributed by atoms with van der Waals surface area (Å²) in [5.41, 5.74) is 0. The van der Waals surface area contributed by atoms with Crippen LogP contribution in [0.5, 0.6) is 11.5 Å². The molecule has 0 aliphatic heterocycles. The van der Waals surface area contributed by atoms with Crippen LogP contribution in [0.4, 0.5) is 43.9 Å². The molecule has 2 rings (SSSR count). The molecule has 2 aromatic carbocycles. The van der Waals surface area contributed by atoms with Crippen LogP contribution in [-0.2, 0) is 4.65 Å². The largest absolute Gasteiger partial charge is 0.868 e. The Morgan fingerprint density at radius 3 is 1.06 bits per heavy atom. The monoisotopic (exact) mass is 478 g/mol. The van der Waals surface area contributed by atoms with Crippen LogP contribution in [0.3, 0.4) is 0 Å². The second kappa shape index (κ2) is 8.80. The van der Waals surface area contributed by atoms with Crippen LogP contribution in [0.2, 0.25) is 0 Å². The van der Waals surface area contributed by atoms with Crippen molar-refractivity contribution in [2.24, 2.45) is 0 Å². The van der Waals surface area contributed by atoms with Crippen molar-refractivity contribution in [2.75, 3.05) is 21.1 Å². The van der Waals surface area contributed by atoms with E-state index in [1.807, 2.05) is 0 Å². The summed E-state index contributed by atoms with van der Waals surface area (Å²) in [6.45, 7) is 3.34. The molecule has 2 aromatic rings. The molecule has 0 saturated carbocycles. The van der Waals surface area contributed by atoms with Gasteiger partial charge in [-0.3, -0.25) is 4.48 Å². The molecule has 0 aliphatic rings. The molecule has 15 heteroatoms. The third-order valence-electron chi connectivity index (χ3n) is 3.75. The number of hydrogen-bond donors (Lipinski definition) is 0. The van der Waals surface area contributed by atoms with Crippen molar-refractivity contribution in [1.82, 2.24) is 0 Å². The molecular formula is C17H11BF10NO3+. The fourth-order valence-electron chi connectivity index (χ4n) is 1.91. The van der Waals surface area contributed by atoms with E-state index in [9.17, 15) is 43.9 Å². The molecule has 0 radical (unpaired) electrons. The Balaban J connectivity index is 2.59. The lowest BCUT2D eigenvalue weighted by Gasteiger charge is -2.26. The average Bonchev–Trinajstić information content (AvgIpc) is 2.73. The first-order chi connectivity index (χ1) is 14.6. The minimum absolute atomic E-state index is 0.350. The molecule has 0 N–H and O–H groups in total. The SMILES string of the molecule is C=C(OB(Oc1c(F)c(F)c(F)c(F)c1F)Oc1c(F)c(F)c(F)c(F)c1F)[N+](C)(C)C. The van der Waals surface area contributed by atoms with Crippen LogP contribution in [0.25, 0.3) is 0 Å². The number of quaternary nitrogens is 1. The lowest BCUT2D eigenvalue weighted by molar-refractivity contribution is -0.845. The van der Waals surface area contributed by atoms with Gasteiger partial charge in [0, 0.05) is 6.58 Å².